The lowest BCUT2D eigenvalue weighted by atomic mass is 10.1. The largest absolute Gasteiger partial charge is 0.494 e. The summed E-state index contributed by atoms with van der Waals surface area (Å²) in [6.45, 7) is 10.7. The van der Waals surface area contributed by atoms with Crippen molar-refractivity contribution in [1.82, 2.24) is 19.4 Å². The highest BCUT2D eigenvalue weighted by molar-refractivity contribution is 6.02. The van der Waals surface area contributed by atoms with Gasteiger partial charge in [-0.15, -0.1) is 0 Å². The van der Waals surface area contributed by atoms with Gasteiger partial charge >= 0.3 is 6.18 Å². The lowest BCUT2D eigenvalue weighted by Crippen LogP contribution is -2.29. The van der Waals surface area contributed by atoms with E-state index < -0.39 is 23.2 Å². The van der Waals surface area contributed by atoms with Crippen molar-refractivity contribution in [3.8, 4) is 11.4 Å². The van der Waals surface area contributed by atoms with Gasteiger partial charge in [-0.2, -0.15) is 18.2 Å². The van der Waals surface area contributed by atoms with E-state index >= 15 is 0 Å². The summed E-state index contributed by atoms with van der Waals surface area (Å²) in [5.41, 5.74) is 1.31. The molecule has 10 nitrogen and oxygen atoms in total. The Bertz CT molecular complexity index is 1720. The molecule has 0 saturated heterocycles. The number of nitrogens with zero attached hydrogens (tertiary/aromatic N) is 5. The third-order valence-corrected chi connectivity index (χ3v) is 6.72. The number of benzene rings is 2. The van der Waals surface area contributed by atoms with Crippen molar-refractivity contribution in [1.29, 1.82) is 0 Å². The zero-order valence-electron chi connectivity index (χ0n) is 26.4. The summed E-state index contributed by atoms with van der Waals surface area (Å²) in [4.78, 5) is 38.3. The van der Waals surface area contributed by atoms with Crippen molar-refractivity contribution in [3.63, 3.8) is 0 Å². The number of hydrogen-bond donors (Lipinski definition) is 2. The second-order valence-corrected chi connectivity index (χ2v) is 10.1. The van der Waals surface area contributed by atoms with E-state index in [4.69, 9.17) is 4.74 Å². The average molecular weight is 626 g/mol. The number of carbonyl (C=O) groups is 1. The number of rotatable bonds is 10. The molecule has 0 aliphatic carbocycles. The van der Waals surface area contributed by atoms with Crippen LogP contribution in [0.25, 0.3) is 16.7 Å². The number of methoxy groups -OCH3 is 1. The third kappa shape index (κ3) is 8.18. The van der Waals surface area contributed by atoms with E-state index in [9.17, 15) is 22.8 Å². The van der Waals surface area contributed by atoms with Gasteiger partial charge in [0.2, 0.25) is 11.9 Å². The maximum absolute atomic E-state index is 13.1. The molecule has 0 bridgehead atoms. The SMILES string of the molecule is C=CC(=O)Nc1cc(Nc2ncc3c(C)cc(=O)n(-c4ccc(C(F)(F)F)cc4)c3n2)c(OC)cc1N(C)CCN(C)C.CC. The Kier molecular flexibility index (Phi) is 11.3. The molecule has 45 heavy (non-hydrogen) atoms. The standard InChI is InChI=1S/C30H32F3N7O3.C2H6/c1-7-26(41)35-22-15-23(25(43-6)16-24(22)39(5)13-12-38(3)4)36-29-34-17-21-18(2)14-27(42)40(28(21)37-29)20-10-8-19(9-11-20)30(31,32)33;1-2/h7-11,14-17H,1,12-13H2,2-6H3,(H,35,41)(H,34,36,37);1-2H3. The van der Waals surface area contributed by atoms with Crippen molar-refractivity contribution in [2.45, 2.75) is 26.9 Å². The van der Waals surface area contributed by atoms with Crippen LogP contribution >= 0.6 is 0 Å². The van der Waals surface area contributed by atoms with Crippen LogP contribution in [0, 0.1) is 6.92 Å². The summed E-state index contributed by atoms with van der Waals surface area (Å²) in [6, 6.07) is 9.08. The fourth-order valence-corrected chi connectivity index (χ4v) is 4.39. The van der Waals surface area contributed by atoms with E-state index in [0.717, 1.165) is 24.8 Å². The Hall–Kier alpha value is -4.91. The Morgan fingerprint density at radius 3 is 2.31 bits per heavy atom. The summed E-state index contributed by atoms with van der Waals surface area (Å²) in [7, 11) is 7.32. The van der Waals surface area contributed by atoms with Gasteiger partial charge in [0.15, 0.2) is 5.65 Å². The van der Waals surface area contributed by atoms with Crippen molar-refractivity contribution >= 4 is 40.0 Å². The van der Waals surface area contributed by atoms with Crippen LogP contribution in [-0.2, 0) is 11.0 Å². The zero-order valence-corrected chi connectivity index (χ0v) is 26.4. The fourth-order valence-electron chi connectivity index (χ4n) is 4.39. The number of aromatic nitrogens is 3. The van der Waals surface area contributed by atoms with E-state index in [0.29, 0.717) is 40.3 Å². The first-order chi connectivity index (χ1) is 21.3. The Balaban J connectivity index is 0.00000271. The van der Waals surface area contributed by atoms with Crippen LogP contribution < -0.4 is 25.8 Å². The van der Waals surface area contributed by atoms with Gasteiger partial charge in [0.25, 0.3) is 5.56 Å². The monoisotopic (exact) mass is 625 g/mol. The van der Waals surface area contributed by atoms with E-state index in [1.54, 1.807) is 19.1 Å². The smallest absolute Gasteiger partial charge is 0.416 e. The number of aryl methyl sites for hydroxylation is 1. The van der Waals surface area contributed by atoms with Crippen LogP contribution in [0.4, 0.5) is 36.2 Å². The quantitative estimate of drug-likeness (QED) is 0.207. The number of nitrogens with one attached hydrogen (secondary N) is 2. The summed E-state index contributed by atoms with van der Waals surface area (Å²) in [5, 5.41) is 6.45. The first-order valence-corrected chi connectivity index (χ1v) is 14.2. The number of anilines is 4. The number of hydrogen-bond acceptors (Lipinski definition) is 8. The van der Waals surface area contributed by atoms with Gasteiger partial charge in [0, 0.05) is 43.9 Å². The predicted octanol–water partition coefficient (Wildman–Crippen LogP) is 6.01. The van der Waals surface area contributed by atoms with E-state index in [-0.39, 0.29) is 17.3 Å². The zero-order chi connectivity index (χ0) is 33.5. The predicted molar refractivity (Wildman–Crippen MR) is 173 cm³/mol. The van der Waals surface area contributed by atoms with Crippen LogP contribution in [0.1, 0.15) is 25.0 Å². The molecule has 240 valence electrons. The minimum Gasteiger partial charge on any atom is -0.494 e. The molecule has 13 heteroatoms. The molecule has 0 radical (unpaired) electrons. The Morgan fingerprint density at radius 2 is 1.73 bits per heavy atom. The number of alkyl halides is 3. The second kappa shape index (κ2) is 14.7. The van der Waals surface area contributed by atoms with Gasteiger partial charge in [-0.25, -0.2) is 4.98 Å². The number of carbonyl (C=O) groups excluding carboxylic acids is 1. The van der Waals surface area contributed by atoms with Gasteiger partial charge in [-0.3, -0.25) is 14.2 Å². The second-order valence-electron chi connectivity index (χ2n) is 10.1. The highest BCUT2D eigenvalue weighted by atomic mass is 19.4. The van der Waals surface area contributed by atoms with Gasteiger partial charge in [-0.1, -0.05) is 20.4 Å². The van der Waals surface area contributed by atoms with E-state index in [1.165, 1.54) is 36.1 Å². The number of ether oxygens (including phenoxy) is 1. The van der Waals surface area contributed by atoms with Crippen molar-refractivity contribution < 1.29 is 22.7 Å². The van der Waals surface area contributed by atoms with Gasteiger partial charge in [-0.05, 0) is 63.0 Å². The van der Waals surface area contributed by atoms with Crippen LogP contribution in [-0.4, -0.2) is 66.7 Å². The maximum atomic E-state index is 13.1. The molecule has 4 aromatic rings. The fraction of sp³-hybridized carbons (Fsp3) is 0.312. The summed E-state index contributed by atoms with van der Waals surface area (Å²) in [5.74, 6) is 0.110. The molecular weight excluding hydrogens is 587 g/mol. The molecule has 0 aliphatic heterocycles. The molecule has 2 aromatic carbocycles. The number of fused-ring (bicyclic) bond motifs is 1. The molecular formula is C32H38F3N7O3. The Morgan fingerprint density at radius 1 is 1.07 bits per heavy atom. The summed E-state index contributed by atoms with van der Waals surface area (Å²) < 4.78 is 46.3. The van der Waals surface area contributed by atoms with Crippen molar-refractivity contribution in [3.05, 3.63) is 82.8 Å². The van der Waals surface area contributed by atoms with E-state index in [1.807, 2.05) is 44.8 Å². The number of amides is 1. The molecule has 2 aromatic heterocycles. The molecule has 2 N–H and O–H groups in total. The van der Waals surface area contributed by atoms with Crippen LogP contribution in [0.3, 0.4) is 0 Å². The molecule has 4 rings (SSSR count). The van der Waals surface area contributed by atoms with Crippen LogP contribution in [0.5, 0.6) is 5.75 Å². The third-order valence-electron chi connectivity index (χ3n) is 6.72. The average Bonchev–Trinajstić information content (AvgIpc) is 3.00. The molecule has 0 saturated carbocycles. The molecule has 2 heterocycles. The molecule has 0 aliphatic rings. The van der Waals surface area contributed by atoms with E-state index in [2.05, 4.69) is 27.2 Å². The summed E-state index contributed by atoms with van der Waals surface area (Å²) >= 11 is 0. The molecule has 0 spiro atoms. The summed E-state index contributed by atoms with van der Waals surface area (Å²) in [6.07, 6.45) is -1.83. The number of halogens is 3. The highest BCUT2D eigenvalue weighted by Crippen LogP contribution is 2.38. The minimum absolute atomic E-state index is 0.0890. The molecule has 0 fully saturated rings. The first kappa shape index (κ1) is 34.6. The topological polar surface area (TPSA) is 105 Å². The van der Waals surface area contributed by atoms with Crippen LogP contribution in [0.2, 0.25) is 0 Å². The van der Waals surface area contributed by atoms with Crippen molar-refractivity contribution in [2.75, 3.05) is 56.9 Å². The highest BCUT2D eigenvalue weighted by Gasteiger charge is 2.30. The van der Waals surface area contributed by atoms with Crippen LogP contribution in [0.15, 0.2) is 66.1 Å². The lowest BCUT2D eigenvalue weighted by molar-refractivity contribution is -0.137. The normalized spacial score (nSPS) is 11.1. The lowest BCUT2D eigenvalue weighted by Gasteiger charge is -2.26. The maximum Gasteiger partial charge on any atom is 0.416 e. The minimum atomic E-state index is -4.52. The van der Waals surface area contributed by atoms with Crippen molar-refractivity contribution in [2.24, 2.45) is 0 Å². The van der Waals surface area contributed by atoms with Gasteiger partial charge < -0.3 is 25.2 Å². The first-order valence-electron chi connectivity index (χ1n) is 14.2. The Labute approximate surface area is 260 Å². The van der Waals surface area contributed by atoms with Gasteiger partial charge in [0.1, 0.15) is 5.75 Å². The number of pyridine rings is 1. The molecule has 0 unspecified atom stereocenters. The molecule has 0 atom stereocenters. The molecule has 1 amide bonds. The number of likely N-dealkylation sites (N-methyl/N-ethyl adjacent to an activating group) is 2. The van der Waals surface area contributed by atoms with Gasteiger partial charge in [0.05, 0.1) is 35.4 Å².